The molecule has 2 heterocycles. The molecule has 21 heavy (non-hydrogen) atoms. The number of H-pyrrole nitrogens is 1. The van der Waals surface area contributed by atoms with E-state index in [9.17, 15) is 4.79 Å². The molecule has 0 aliphatic carbocycles. The second-order valence-electron chi connectivity index (χ2n) is 4.59. The van der Waals surface area contributed by atoms with Crippen LogP contribution in [0.25, 0.3) is 0 Å². The van der Waals surface area contributed by atoms with Gasteiger partial charge in [-0.2, -0.15) is 0 Å². The van der Waals surface area contributed by atoms with Crippen molar-refractivity contribution in [1.82, 2.24) is 24.7 Å². The number of hydrogen-bond donors (Lipinski definition) is 2. The number of nitrogens with zero attached hydrogens (tertiary/aromatic N) is 4. The summed E-state index contributed by atoms with van der Waals surface area (Å²) < 4.78 is 1.64. The normalized spacial score (nSPS) is 10.8. The Hall–Kier alpha value is -1.83. The maximum Gasteiger partial charge on any atom is 0.343 e. The number of aromatic nitrogens is 5. The molecular formula is C13H20N6OS. The first-order valence-electron chi connectivity index (χ1n) is 7.00. The van der Waals surface area contributed by atoms with E-state index in [0.717, 1.165) is 30.3 Å². The molecule has 114 valence electrons. The summed E-state index contributed by atoms with van der Waals surface area (Å²) in [7, 11) is 0. The third kappa shape index (κ3) is 4.07. The molecule has 0 radical (unpaired) electrons. The summed E-state index contributed by atoms with van der Waals surface area (Å²) in [5, 5.41) is 10.4. The molecule has 0 saturated heterocycles. The number of hydrogen-bond acceptors (Lipinski definition) is 6. The molecule has 0 aliphatic heterocycles. The van der Waals surface area contributed by atoms with Crippen molar-refractivity contribution in [3.8, 4) is 0 Å². The summed E-state index contributed by atoms with van der Waals surface area (Å²) in [6.45, 7) is 7.48. The Morgan fingerprint density at radius 2 is 2.19 bits per heavy atom. The number of aromatic amines is 1. The van der Waals surface area contributed by atoms with Crippen LogP contribution < -0.4 is 11.0 Å². The van der Waals surface area contributed by atoms with Gasteiger partial charge < -0.3 is 5.32 Å². The van der Waals surface area contributed by atoms with Crippen LogP contribution in [0.2, 0.25) is 0 Å². The summed E-state index contributed by atoms with van der Waals surface area (Å²) in [6, 6.07) is 1.92. The predicted octanol–water partition coefficient (Wildman–Crippen LogP) is 1.80. The van der Waals surface area contributed by atoms with Crippen molar-refractivity contribution in [2.45, 2.75) is 44.6 Å². The summed E-state index contributed by atoms with van der Waals surface area (Å²) in [6.07, 6.45) is 0.887. The summed E-state index contributed by atoms with van der Waals surface area (Å²) >= 11 is 1.46. The Morgan fingerprint density at radius 1 is 1.38 bits per heavy atom. The third-order valence-corrected chi connectivity index (χ3v) is 3.73. The molecule has 0 aliphatic rings. The molecule has 0 amide bonds. The zero-order chi connectivity index (χ0) is 15.2. The quantitative estimate of drug-likeness (QED) is 0.758. The molecule has 7 nitrogen and oxygen atoms in total. The summed E-state index contributed by atoms with van der Waals surface area (Å²) in [5.41, 5.74) is 0.752. The van der Waals surface area contributed by atoms with E-state index in [1.54, 1.807) is 4.57 Å². The van der Waals surface area contributed by atoms with Gasteiger partial charge in [-0.25, -0.2) is 19.9 Å². The van der Waals surface area contributed by atoms with Crippen molar-refractivity contribution in [3.05, 3.63) is 28.1 Å². The van der Waals surface area contributed by atoms with Gasteiger partial charge in [0.2, 0.25) is 0 Å². The molecule has 8 heteroatoms. The molecule has 2 aromatic heterocycles. The van der Waals surface area contributed by atoms with E-state index in [2.05, 4.69) is 25.5 Å². The predicted molar refractivity (Wildman–Crippen MR) is 83.6 cm³/mol. The summed E-state index contributed by atoms with van der Waals surface area (Å²) in [4.78, 5) is 20.5. The molecule has 0 saturated carbocycles. The van der Waals surface area contributed by atoms with E-state index >= 15 is 0 Å². The zero-order valence-corrected chi connectivity index (χ0v) is 13.3. The maximum absolute atomic E-state index is 11.6. The van der Waals surface area contributed by atoms with Gasteiger partial charge in [0, 0.05) is 24.8 Å². The minimum atomic E-state index is -0.169. The smallest absolute Gasteiger partial charge is 0.343 e. The van der Waals surface area contributed by atoms with Crippen molar-refractivity contribution < 1.29 is 0 Å². The Balaban J connectivity index is 2.11. The van der Waals surface area contributed by atoms with E-state index in [1.165, 1.54) is 11.8 Å². The van der Waals surface area contributed by atoms with Crippen LogP contribution >= 0.6 is 11.8 Å². The molecule has 0 spiro atoms. The van der Waals surface area contributed by atoms with Gasteiger partial charge in [-0.05, 0) is 20.3 Å². The van der Waals surface area contributed by atoms with Crippen LogP contribution in [0.15, 0.2) is 16.0 Å². The van der Waals surface area contributed by atoms with Crippen molar-refractivity contribution >= 4 is 17.6 Å². The highest BCUT2D eigenvalue weighted by atomic mass is 32.2. The minimum absolute atomic E-state index is 0.169. The van der Waals surface area contributed by atoms with Crippen molar-refractivity contribution in [2.75, 3.05) is 11.9 Å². The molecule has 0 fully saturated rings. The average molecular weight is 308 g/mol. The molecule has 0 unspecified atom stereocenters. The molecule has 0 aromatic carbocycles. The molecule has 0 atom stereocenters. The standard InChI is InChI=1S/C13H20N6OS/c1-4-6-19-12(20)17-18-13(19)21-8-11-15-9(3)7-10(16-11)14-5-2/h7H,4-6,8H2,1-3H3,(H,17,20)(H,14,15,16). The van der Waals surface area contributed by atoms with Gasteiger partial charge in [-0.3, -0.25) is 4.57 Å². The topological polar surface area (TPSA) is 88.5 Å². The Labute approximate surface area is 127 Å². The van der Waals surface area contributed by atoms with Crippen LogP contribution in [0.1, 0.15) is 31.8 Å². The zero-order valence-electron chi connectivity index (χ0n) is 12.5. The molecule has 2 N–H and O–H groups in total. The minimum Gasteiger partial charge on any atom is -0.370 e. The van der Waals surface area contributed by atoms with E-state index < -0.39 is 0 Å². The first-order valence-corrected chi connectivity index (χ1v) is 7.99. The van der Waals surface area contributed by atoms with E-state index in [0.29, 0.717) is 17.5 Å². The molecule has 2 aromatic rings. The SMILES string of the molecule is CCCn1c(SCc2nc(C)cc(NCC)n2)n[nH]c1=O. The maximum atomic E-state index is 11.6. The second-order valence-corrected chi connectivity index (χ2v) is 5.54. The summed E-state index contributed by atoms with van der Waals surface area (Å²) in [5.74, 6) is 2.14. The Morgan fingerprint density at radius 3 is 2.90 bits per heavy atom. The van der Waals surface area contributed by atoms with Crippen LogP contribution in [-0.4, -0.2) is 31.3 Å². The van der Waals surface area contributed by atoms with E-state index in [1.807, 2.05) is 26.8 Å². The number of rotatable bonds is 7. The third-order valence-electron chi connectivity index (χ3n) is 2.76. The van der Waals surface area contributed by atoms with Gasteiger partial charge in [0.15, 0.2) is 5.16 Å². The van der Waals surface area contributed by atoms with Crippen molar-refractivity contribution in [3.63, 3.8) is 0 Å². The highest BCUT2D eigenvalue weighted by molar-refractivity contribution is 7.98. The lowest BCUT2D eigenvalue weighted by Crippen LogP contribution is -2.17. The van der Waals surface area contributed by atoms with Crippen molar-refractivity contribution in [2.24, 2.45) is 0 Å². The van der Waals surface area contributed by atoms with Gasteiger partial charge in [0.05, 0.1) is 5.75 Å². The fraction of sp³-hybridized carbons (Fsp3) is 0.538. The highest BCUT2D eigenvalue weighted by Crippen LogP contribution is 2.19. The number of nitrogens with one attached hydrogen (secondary N) is 2. The van der Waals surface area contributed by atoms with Crippen molar-refractivity contribution in [1.29, 1.82) is 0 Å². The van der Waals surface area contributed by atoms with Gasteiger partial charge >= 0.3 is 5.69 Å². The van der Waals surface area contributed by atoms with Crippen LogP contribution in [0, 0.1) is 6.92 Å². The van der Waals surface area contributed by atoms with Gasteiger partial charge in [0.1, 0.15) is 11.6 Å². The van der Waals surface area contributed by atoms with E-state index in [-0.39, 0.29) is 5.69 Å². The lowest BCUT2D eigenvalue weighted by molar-refractivity contribution is 0.603. The first-order chi connectivity index (χ1) is 10.1. The lowest BCUT2D eigenvalue weighted by atomic mass is 10.4. The number of aryl methyl sites for hydroxylation is 1. The number of anilines is 1. The van der Waals surface area contributed by atoms with Crippen LogP contribution in [0.4, 0.5) is 5.82 Å². The Kier molecular flexibility index (Phi) is 5.38. The largest absolute Gasteiger partial charge is 0.370 e. The fourth-order valence-corrected chi connectivity index (χ4v) is 2.76. The lowest BCUT2D eigenvalue weighted by Gasteiger charge is -2.07. The van der Waals surface area contributed by atoms with Gasteiger partial charge in [-0.1, -0.05) is 18.7 Å². The molecule has 0 bridgehead atoms. The second kappa shape index (κ2) is 7.26. The first kappa shape index (κ1) is 15.6. The van der Waals surface area contributed by atoms with E-state index in [4.69, 9.17) is 0 Å². The van der Waals surface area contributed by atoms with Gasteiger partial charge in [-0.15, -0.1) is 5.10 Å². The van der Waals surface area contributed by atoms with Crippen LogP contribution in [-0.2, 0) is 12.3 Å². The average Bonchev–Trinajstić information content (AvgIpc) is 2.78. The van der Waals surface area contributed by atoms with Crippen LogP contribution in [0.3, 0.4) is 0 Å². The van der Waals surface area contributed by atoms with Crippen LogP contribution in [0.5, 0.6) is 0 Å². The fourth-order valence-electron chi connectivity index (χ4n) is 1.93. The number of thioether (sulfide) groups is 1. The monoisotopic (exact) mass is 308 g/mol. The molecule has 2 rings (SSSR count). The highest BCUT2D eigenvalue weighted by Gasteiger charge is 2.10. The molecular weight excluding hydrogens is 288 g/mol. The van der Waals surface area contributed by atoms with Gasteiger partial charge in [0.25, 0.3) is 0 Å². The Bertz CT molecular complexity index is 650.